The van der Waals surface area contributed by atoms with Gasteiger partial charge in [0.2, 0.25) is 0 Å². The van der Waals surface area contributed by atoms with Crippen molar-refractivity contribution in [2.75, 3.05) is 66.1 Å². The molecule has 0 aromatic carbocycles. The van der Waals surface area contributed by atoms with E-state index in [-0.39, 0.29) is 28.8 Å². The van der Waals surface area contributed by atoms with E-state index < -0.39 is 12.5 Å². The summed E-state index contributed by atoms with van der Waals surface area (Å²) in [4.78, 5) is 9.67. The van der Waals surface area contributed by atoms with Gasteiger partial charge in [0.1, 0.15) is 18.3 Å². The minimum Gasteiger partial charge on any atom is -0.385 e. The number of hydrogen-bond acceptors (Lipinski definition) is 10. The number of aliphatic imine (C=N–C) groups is 1. The molecule has 0 aromatic heterocycles. The molecule has 2 saturated carbocycles. The van der Waals surface area contributed by atoms with E-state index in [2.05, 4.69) is 60.4 Å². The molecule has 1 spiro atoms. The Morgan fingerprint density at radius 3 is 2.51 bits per heavy atom. The molecule has 5 aliphatic rings. The first-order valence-corrected chi connectivity index (χ1v) is 19.2. The van der Waals surface area contributed by atoms with E-state index in [9.17, 15) is 10.2 Å². The summed E-state index contributed by atoms with van der Waals surface area (Å²) in [6, 6.07) is 0.295. The molecule has 2 aliphatic carbocycles. The smallest absolute Gasteiger partial charge is 0.115 e. The van der Waals surface area contributed by atoms with Crippen LogP contribution in [0.1, 0.15) is 98.8 Å². The Morgan fingerprint density at radius 2 is 1.83 bits per heavy atom. The molecule has 5 rings (SSSR count). The molecule has 4 fully saturated rings. The van der Waals surface area contributed by atoms with Gasteiger partial charge in [-0.15, -0.1) is 0 Å². The van der Waals surface area contributed by atoms with Crippen molar-refractivity contribution < 1.29 is 19.7 Å². The molecule has 6 unspecified atom stereocenters. The molecule has 10 nitrogen and oxygen atoms in total. The van der Waals surface area contributed by atoms with Gasteiger partial charge < -0.3 is 30.3 Å². The zero-order chi connectivity index (χ0) is 33.6. The second-order valence-electron chi connectivity index (χ2n) is 17.2. The van der Waals surface area contributed by atoms with E-state index >= 15 is 0 Å². The molecular weight excluding hydrogens is 592 g/mol. The van der Waals surface area contributed by atoms with Crippen LogP contribution in [0, 0.1) is 34.5 Å². The van der Waals surface area contributed by atoms with Gasteiger partial charge in [-0.2, -0.15) is 0 Å². The minimum absolute atomic E-state index is 0.0634. The van der Waals surface area contributed by atoms with Gasteiger partial charge in [-0.05, 0) is 63.3 Å². The first kappa shape index (κ1) is 37.4. The van der Waals surface area contributed by atoms with Crippen LogP contribution in [-0.2, 0) is 9.47 Å². The van der Waals surface area contributed by atoms with Crippen molar-refractivity contribution in [3.63, 3.8) is 0 Å². The standard InChI is InChI=1S/C37H70N6O4/c1-26(2)23-43(34(45)30-22-40-35(36(3,4)5)41-32(30)39-15-10-18-46-6)31-20-37(31)19-28(21-38-25-37)33(44)42-16-13-29(14-17-42)47-24-27-11-8-7-9-12-27/h26-34,38-39,44-45H,7-25H2,1-6H3,(H,40,41)/t28-,30?,31?,32?,33?,34?,37?/m1/s1. The molecule has 3 aliphatic heterocycles. The van der Waals surface area contributed by atoms with Crippen LogP contribution in [0.15, 0.2) is 4.99 Å². The molecule has 10 heteroatoms. The second-order valence-corrected chi connectivity index (χ2v) is 17.2. The Labute approximate surface area is 286 Å². The highest BCUT2D eigenvalue weighted by atomic mass is 16.5. The molecule has 0 aromatic rings. The van der Waals surface area contributed by atoms with Crippen molar-refractivity contribution in [2.24, 2.45) is 39.5 Å². The SMILES string of the molecule is COCCCNC1NC(C(C)(C)C)=NCC1C(O)N(CC(C)C)C1CC12CNC[C@H](C(O)N1CCC(OCC3CCCCC3)CC1)C2. The maximum Gasteiger partial charge on any atom is 0.115 e. The Balaban J connectivity index is 1.18. The minimum atomic E-state index is -0.614. The van der Waals surface area contributed by atoms with Gasteiger partial charge in [0, 0.05) is 75.8 Å². The van der Waals surface area contributed by atoms with Crippen LogP contribution >= 0.6 is 0 Å². The molecule has 5 N–H and O–H groups in total. The maximum absolute atomic E-state index is 12.2. The summed E-state index contributed by atoms with van der Waals surface area (Å²) >= 11 is 0. The third-order valence-electron chi connectivity index (χ3n) is 11.7. The predicted molar refractivity (Wildman–Crippen MR) is 189 cm³/mol. The topological polar surface area (TPSA) is 114 Å². The zero-order valence-corrected chi connectivity index (χ0v) is 30.7. The van der Waals surface area contributed by atoms with Gasteiger partial charge in [0.25, 0.3) is 0 Å². The lowest BCUT2D eigenvalue weighted by atomic mass is 9.84. The van der Waals surface area contributed by atoms with Crippen molar-refractivity contribution in [2.45, 2.75) is 130 Å². The van der Waals surface area contributed by atoms with Crippen molar-refractivity contribution in [3.05, 3.63) is 0 Å². The lowest BCUT2D eigenvalue weighted by Crippen LogP contribution is -2.62. The van der Waals surface area contributed by atoms with Crippen LogP contribution in [-0.4, -0.2) is 123 Å². The molecule has 272 valence electrons. The van der Waals surface area contributed by atoms with Crippen molar-refractivity contribution in [1.29, 1.82) is 0 Å². The number of aliphatic hydroxyl groups is 2. The second kappa shape index (κ2) is 16.9. The van der Waals surface area contributed by atoms with Gasteiger partial charge >= 0.3 is 0 Å². The van der Waals surface area contributed by atoms with Crippen molar-refractivity contribution >= 4 is 5.84 Å². The molecule has 7 atom stereocenters. The normalized spacial score (nSPS) is 32.9. The molecule has 0 bridgehead atoms. The van der Waals surface area contributed by atoms with Gasteiger partial charge in [-0.25, -0.2) is 0 Å². The van der Waals surface area contributed by atoms with E-state index in [4.69, 9.17) is 14.5 Å². The van der Waals surface area contributed by atoms with Crippen LogP contribution in [0.5, 0.6) is 0 Å². The Kier molecular flexibility index (Phi) is 13.5. The molecule has 0 amide bonds. The van der Waals surface area contributed by atoms with Crippen LogP contribution in [0.25, 0.3) is 0 Å². The molecule has 0 radical (unpaired) electrons. The van der Waals surface area contributed by atoms with E-state index in [0.717, 1.165) is 89.7 Å². The number of likely N-dealkylation sites (tertiary alicyclic amines) is 1. The average molecular weight is 663 g/mol. The summed E-state index contributed by atoms with van der Waals surface area (Å²) in [6.07, 6.45) is 11.0. The monoisotopic (exact) mass is 663 g/mol. The van der Waals surface area contributed by atoms with Gasteiger partial charge in [-0.3, -0.25) is 20.1 Å². The average Bonchev–Trinajstić information content (AvgIpc) is 3.75. The number of nitrogens with zero attached hydrogens (tertiary/aromatic N) is 3. The quantitative estimate of drug-likeness (QED) is 0.133. The van der Waals surface area contributed by atoms with Crippen LogP contribution in [0.3, 0.4) is 0 Å². The molecule has 3 heterocycles. The van der Waals surface area contributed by atoms with Crippen LogP contribution in [0.4, 0.5) is 0 Å². The van der Waals surface area contributed by atoms with Gasteiger partial charge in [0.05, 0.1) is 24.7 Å². The van der Waals surface area contributed by atoms with Crippen LogP contribution < -0.4 is 16.0 Å². The summed E-state index contributed by atoms with van der Waals surface area (Å²) in [7, 11) is 1.74. The van der Waals surface area contributed by atoms with Gasteiger partial charge in [-0.1, -0.05) is 53.9 Å². The highest BCUT2D eigenvalue weighted by Crippen LogP contribution is 2.56. The van der Waals surface area contributed by atoms with Gasteiger partial charge in [0.15, 0.2) is 0 Å². The van der Waals surface area contributed by atoms with Crippen molar-refractivity contribution in [1.82, 2.24) is 25.8 Å². The molecule has 2 saturated heterocycles. The summed E-state index contributed by atoms with van der Waals surface area (Å²) in [5, 5.41) is 34.9. The summed E-state index contributed by atoms with van der Waals surface area (Å²) in [5.41, 5.74) is 0.00587. The summed E-state index contributed by atoms with van der Waals surface area (Å²) in [5.74, 6) is 2.30. The van der Waals surface area contributed by atoms with E-state index in [1.54, 1.807) is 7.11 Å². The summed E-state index contributed by atoms with van der Waals surface area (Å²) < 4.78 is 11.7. The number of rotatable bonds is 15. The lowest BCUT2D eigenvalue weighted by molar-refractivity contribution is -0.0950. The highest BCUT2D eigenvalue weighted by molar-refractivity contribution is 5.87. The maximum atomic E-state index is 12.2. The van der Waals surface area contributed by atoms with E-state index in [0.29, 0.717) is 31.2 Å². The number of amidine groups is 1. The Morgan fingerprint density at radius 1 is 1.09 bits per heavy atom. The zero-order valence-electron chi connectivity index (χ0n) is 30.7. The number of methoxy groups -OCH3 is 1. The number of piperidine rings is 2. The van der Waals surface area contributed by atoms with E-state index in [1.807, 2.05) is 0 Å². The first-order valence-electron chi connectivity index (χ1n) is 19.2. The summed E-state index contributed by atoms with van der Waals surface area (Å²) in [6.45, 7) is 18.6. The van der Waals surface area contributed by atoms with Crippen LogP contribution in [0.2, 0.25) is 0 Å². The lowest BCUT2D eigenvalue weighted by Gasteiger charge is -2.44. The highest BCUT2D eigenvalue weighted by Gasteiger charge is 2.61. The number of ether oxygens (including phenoxy) is 2. The molecular formula is C37H70N6O4. The number of aliphatic hydroxyl groups excluding tert-OH is 2. The number of hydrogen-bond donors (Lipinski definition) is 5. The third-order valence-corrected chi connectivity index (χ3v) is 11.7. The largest absolute Gasteiger partial charge is 0.385 e. The number of nitrogens with one attached hydrogen (secondary N) is 3. The van der Waals surface area contributed by atoms with Crippen molar-refractivity contribution in [3.8, 4) is 0 Å². The van der Waals surface area contributed by atoms with E-state index in [1.165, 1.54) is 32.1 Å². The fraction of sp³-hybridized carbons (Fsp3) is 0.973. The Bertz CT molecular complexity index is 978. The third kappa shape index (κ3) is 9.90. The fourth-order valence-corrected chi connectivity index (χ4v) is 8.91. The first-order chi connectivity index (χ1) is 22.5. The fourth-order valence-electron chi connectivity index (χ4n) is 8.91. The molecule has 47 heavy (non-hydrogen) atoms. The Hall–Kier alpha value is -0.850. The predicted octanol–water partition coefficient (Wildman–Crippen LogP) is 3.63.